The minimum atomic E-state index is -0.694. The highest BCUT2D eigenvalue weighted by Gasteiger charge is 2.23. The van der Waals surface area contributed by atoms with Crippen molar-refractivity contribution < 1.29 is 9.53 Å². The molecule has 8 heteroatoms. The van der Waals surface area contributed by atoms with Gasteiger partial charge in [0.25, 0.3) is 5.91 Å². The predicted molar refractivity (Wildman–Crippen MR) is 102 cm³/mol. The Morgan fingerprint density at radius 2 is 1.93 bits per heavy atom. The maximum atomic E-state index is 12.7. The van der Waals surface area contributed by atoms with Gasteiger partial charge in [0.2, 0.25) is 0 Å². The smallest absolute Gasteiger partial charge is 0.336 e. The third-order valence-electron chi connectivity index (χ3n) is 4.33. The molecule has 3 aromatic rings. The van der Waals surface area contributed by atoms with Crippen LogP contribution in [0.3, 0.4) is 0 Å². The van der Waals surface area contributed by atoms with E-state index in [1.165, 1.54) is 0 Å². The normalized spacial score (nSPS) is 12.0. The number of carbonyl (C=O) groups excluding carboxylic acids is 1. The Balaban J connectivity index is 1.71. The summed E-state index contributed by atoms with van der Waals surface area (Å²) >= 11 is 0. The van der Waals surface area contributed by atoms with Crippen molar-refractivity contribution in [3.8, 4) is 11.7 Å². The molecule has 0 saturated carbocycles. The fraction of sp³-hybridized carbons (Fsp3) is 0.368. The van der Waals surface area contributed by atoms with Crippen LogP contribution in [0.1, 0.15) is 31.7 Å². The number of para-hydroxylation sites is 1. The number of carbonyl (C=O) groups is 1. The molecule has 3 rings (SSSR count). The molecule has 0 saturated heterocycles. The predicted octanol–water partition coefficient (Wildman–Crippen LogP) is 2.90. The lowest BCUT2D eigenvalue weighted by Crippen LogP contribution is -2.33. The van der Waals surface area contributed by atoms with Gasteiger partial charge in [-0.25, -0.2) is 4.68 Å². The van der Waals surface area contributed by atoms with Crippen LogP contribution in [0.2, 0.25) is 0 Å². The van der Waals surface area contributed by atoms with Crippen LogP contribution in [0, 0.1) is 13.8 Å². The van der Waals surface area contributed by atoms with Crippen LogP contribution in [-0.2, 0) is 11.3 Å². The van der Waals surface area contributed by atoms with E-state index in [0.29, 0.717) is 6.42 Å². The lowest BCUT2D eigenvalue weighted by atomic mass is 10.2. The van der Waals surface area contributed by atoms with Crippen LogP contribution < -0.4 is 10.1 Å². The van der Waals surface area contributed by atoms with Crippen LogP contribution in [0.15, 0.2) is 36.7 Å². The molecular formula is C19H24N6O2. The van der Waals surface area contributed by atoms with Gasteiger partial charge >= 0.3 is 6.01 Å². The highest BCUT2D eigenvalue weighted by molar-refractivity contribution is 5.95. The van der Waals surface area contributed by atoms with Gasteiger partial charge in [-0.15, -0.1) is 5.10 Å². The first kappa shape index (κ1) is 18.6. The van der Waals surface area contributed by atoms with Crippen LogP contribution >= 0.6 is 0 Å². The maximum Gasteiger partial charge on any atom is 0.336 e. The van der Waals surface area contributed by atoms with Gasteiger partial charge in [0.05, 0.1) is 22.8 Å². The van der Waals surface area contributed by atoms with E-state index in [1.807, 2.05) is 62.7 Å². The average molecular weight is 368 g/mol. The molecular weight excluding hydrogens is 344 g/mol. The fourth-order valence-electron chi connectivity index (χ4n) is 2.85. The maximum absolute atomic E-state index is 12.7. The van der Waals surface area contributed by atoms with Gasteiger partial charge in [0.15, 0.2) is 6.10 Å². The van der Waals surface area contributed by atoms with Crippen molar-refractivity contribution >= 4 is 11.6 Å². The van der Waals surface area contributed by atoms with Crippen molar-refractivity contribution in [1.82, 2.24) is 24.5 Å². The quantitative estimate of drug-likeness (QED) is 0.693. The minimum absolute atomic E-state index is 0.165. The largest absolute Gasteiger partial charge is 0.449 e. The molecule has 0 aliphatic heterocycles. The van der Waals surface area contributed by atoms with Gasteiger partial charge < -0.3 is 10.1 Å². The molecule has 1 amide bonds. The van der Waals surface area contributed by atoms with E-state index in [0.717, 1.165) is 29.3 Å². The van der Waals surface area contributed by atoms with Gasteiger partial charge in [-0.1, -0.05) is 25.1 Å². The number of nitrogens with zero attached hydrogens (tertiary/aromatic N) is 5. The summed E-state index contributed by atoms with van der Waals surface area (Å²) in [5.74, 6) is -0.240. The van der Waals surface area contributed by atoms with Crippen LogP contribution in [0.5, 0.6) is 6.01 Å². The van der Waals surface area contributed by atoms with E-state index in [1.54, 1.807) is 11.0 Å². The zero-order valence-corrected chi connectivity index (χ0v) is 16.0. The fourth-order valence-corrected chi connectivity index (χ4v) is 2.85. The number of hydrogen-bond donors (Lipinski definition) is 1. The molecule has 0 aliphatic rings. The summed E-state index contributed by atoms with van der Waals surface area (Å²) in [6.07, 6.45) is 1.36. The van der Waals surface area contributed by atoms with Crippen molar-refractivity contribution in [1.29, 1.82) is 0 Å². The Labute approximate surface area is 158 Å². The first-order valence-electron chi connectivity index (χ1n) is 9.02. The Bertz CT molecular complexity index is 916. The molecule has 0 fully saturated rings. The van der Waals surface area contributed by atoms with Gasteiger partial charge in [0, 0.05) is 6.54 Å². The Kier molecular flexibility index (Phi) is 5.54. The number of aromatic nitrogens is 5. The number of ether oxygens (including phenoxy) is 1. The minimum Gasteiger partial charge on any atom is -0.449 e. The summed E-state index contributed by atoms with van der Waals surface area (Å²) in [5, 5.41) is 11.7. The molecule has 2 heterocycles. The third-order valence-corrected chi connectivity index (χ3v) is 4.33. The standard InChI is InChI=1S/C19H24N6O2/c1-5-16(18(26)21-17-13(3)22-24(6-2)14(17)4)27-19-20-12-25(23-19)15-10-8-7-9-11-15/h7-12,16H,5-6H2,1-4H3,(H,21,26). The van der Waals surface area contributed by atoms with E-state index in [2.05, 4.69) is 20.5 Å². The highest BCUT2D eigenvalue weighted by Crippen LogP contribution is 2.20. The Morgan fingerprint density at radius 3 is 2.56 bits per heavy atom. The molecule has 0 bridgehead atoms. The molecule has 0 radical (unpaired) electrons. The summed E-state index contributed by atoms with van der Waals surface area (Å²) in [5.41, 5.74) is 3.30. The van der Waals surface area contributed by atoms with Crippen LogP contribution in [0.25, 0.3) is 5.69 Å². The number of aryl methyl sites for hydroxylation is 2. The lowest BCUT2D eigenvalue weighted by Gasteiger charge is -2.15. The molecule has 8 nitrogen and oxygen atoms in total. The molecule has 1 atom stereocenters. The first-order valence-corrected chi connectivity index (χ1v) is 9.02. The summed E-state index contributed by atoms with van der Waals surface area (Å²) in [4.78, 5) is 16.8. The second-order valence-electron chi connectivity index (χ2n) is 6.17. The third kappa shape index (κ3) is 3.99. The molecule has 0 spiro atoms. The summed E-state index contributed by atoms with van der Waals surface area (Å²) < 4.78 is 9.20. The number of rotatable bonds is 7. The van der Waals surface area contributed by atoms with Gasteiger partial charge in [-0.3, -0.25) is 9.48 Å². The molecule has 27 heavy (non-hydrogen) atoms. The van der Waals surface area contributed by atoms with E-state index >= 15 is 0 Å². The molecule has 1 unspecified atom stereocenters. The van der Waals surface area contributed by atoms with E-state index < -0.39 is 6.10 Å². The second-order valence-corrected chi connectivity index (χ2v) is 6.17. The number of amides is 1. The van der Waals surface area contributed by atoms with Crippen molar-refractivity contribution in [3.63, 3.8) is 0 Å². The van der Waals surface area contributed by atoms with Gasteiger partial charge in [-0.05, 0) is 39.3 Å². The van der Waals surface area contributed by atoms with Gasteiger partial charge in [0.1, 0.15) is 6.33 Å². The van der Waals surface area contributed by atoms with Crippen LogP contribution in [0.4, 0.5) is 5.69 Å². The number of hydrogen-bond acceptors (Lipinski definition) is 5. The highest BCUT2D eigenvalue weighted by atomic mass is 16.5. The summed E-state index contributed by atoms with van der Waals surface area (Å²) in [6, 6.07) is 9.76. The molecule has 1 N–H and O–H groups in total. The zero-order chi connectivity index (χ0) is 19.4. The monoisotopic (exact) mass is 368 g/mol. The summed E-state index contributed by atoms with van der Waals surface area (Å²) in [6.45, 7) is 8.45. The van der Waals surface area contributed by atoms with E-state index in [4.69, 9.17) is 4.74 Å². The molecule has 142 valence electrons. The van der Waals surface area contributed by atoms with Crippen molar-refractivity contribution in [2.75, 3.05) is 5.32 Å². The summed E-state index contributed by atoms with van der Waals surface area (Å²) in [7, 11) is 0. The molecule has 0 aliphatic carbocycles. The van der Waals surface area contributed by atoms with Gasteiger partial charge in [-0.2, -0.15) is 10.1 Å². The van der Waals surface area contributed by atoms with Crippen molar-refractivity contribution in [2.45, 2.75) is 46.8 Å². The Hall–Kier alpha value is -3.16. The average Bonchev–Trinajstić information content (AvgIpc) is 3.26. The van der Waals surface area contributed by atoms with E-state index in [9.17, 15) is 4.79 Å². The zero-order valence-electron chi connectivity index (χ0n) is 16.0. The lowest BCUT2D eigenvalue weighted by molar-refractivity contribution is -0.123. The Morgan fingerprint density at radius 1 is 1.19 bits per heavy atom. The first-order chi connectivity index (χ1) is 13.0. The topological polar surface area (TPSA) is 86.9 Å². The molecule has 2 aromatic heterocycles. The van der Waals surface area contributed by atoms with Crippen molar-refractivity contribution in [3.05, 3.63) is 48.0 Å². The second kappa shape index (κ2) is 8.03. The van der Waals surface area contributed by atoms with E-state index in [-0.39, 0.29) is 11.9 Å². The number of anilines is 1. The van der Waals surface area contributed by atoms with Crippen LogP contribution in [-0.4, -0.2) is 36.6 Å². The molecule has 1 aromatic carbocycles. The van der Waals surface area contributed by atoms with Crippen molar-refractivity contribution in [2.24, 2.45) is 0 Å². The SMILES string of the molecule is CCC(Oc1ncn(-c2ccccc2)n1)C(=O)Nc1c(C)nn(CC)c1C. The number of benzene rings is 1. The number of nitrogens with one attached hydrogen (secondary N) is 1.